The Labute approximate surface area is 212 Å². The summed E-state index contributed by atoms with van der Waals surface area (Å²) in [4.78, 5) is 44.3. The Kier molecular flexibility index (Phi) is 6.67. The van der Waals surface area contributed by atoms with Gasteiger partial charge in [-0.2, -0.15) is 0 Å². The van der Waals surface area contributed by atoms with Crippen molar-refractivity contribution in [3.05, 3.63) is 71.4 Å². The highest BCUT2D eigenvalue weighted by molar-refractivity contribution is 5.95. The van der Waals surface area contributed by atoms with E-state index in [2.05, 4.69) is 15.6 Å². The van der Waals surface area contributed by atoms with Crippen LogP contribution in [0.2, 0.25) is 0 Å². The van der Waals surface area contributed by atoms with E-state index in [-0.39, 0.29) is 48.9 Å². The van der Waals surface area contributed by atoms with Crippen LogP contribution < -0.4 is 24.8 Å². The lowest BCUT2D eigenvalue weighted by Crippen LogP contribution is -2.45. The number of benzene rings is 2. The standard InChI is InChI=1S/C26H26N4O7/c1-15-28-20(13-35-15)26(33)30-11-19-23(12-30)37-18-6-3-16(4-7-18)10-27-24(31)14-36-22-9-17(25(32)29-19)5-8-21(22)34-2/h3-9,13,19,23H,10-12,14H2,1-2H3,(H,27,31)(H,29,32)/t19-,23-/m0/s1. The first-order chi connectivity index (χ1) is 17.9. The minimum absolute atomic E-state index is 0.195. The summed E-state index contributed by atoms with van der Waals surface area (Å²) in [6, 6.07) is 11.5. The summed E-state index contributed by atoms with van der Waals surface area (Å²) in [5.41, 5.74) is 1.38. The average molecular weight is 507 g/mol. The molecule has 2 aromatic carbocycles. The van der Waals surface area contributed by atoms with Gasteiger partial charge in [-0.05, 0) is 35.9 Å². The summed E-state index contributed by atoms with van der Waals surface area (Å²) in [5.74, 6) is 0.600. The molecule has 2 N–H and O–H groups in total. The molecule has 0 unspecified atom stereocenters. The van der Waals surface area contributed by atoms with Gasteiger partial charge >= 0.3 is 0 Å². The fourth-order valence-corrected chi connectivity index (χ4v) is 4.26. The second kappa shape index (κ2) is 10.2. The maximum atomic E-state index is 13.2. The zero-order chi connectivity index (χ0) is 25.9. The van der Waals surface area contributed by atoms with Gasteiger partial charge in [-0.1, -0.05) is 12.1 Å². The van der Waals surface area contributed by atoms with Gasteiger partial charge in [0.1, 0.15) is 18.1 Å². The predicted molar refractivity (Wildman–Crippen MR) is 130 cm³/mol. The van der Waals surface area contributed by atoms with Crippen molar-refractivity contribution in [3.8, 4) is 17.2 Å². The molecule has 6 rings (SSSR count). The molecule has 0 aliphatic carbocycles. The fourth-order valence-electron chi connectivity index (χ4n) is 4.26. The summed E-state index contributed by atoms with van der Waals surface area (Å²) in [6.45, 7) is 2.19. The number of methoxy groups -OCH3 is 1. The maximum absolute atomic E-state index is 13.2. The van der Waals surface area contributed by atoms with E-state index in [1.807, 2.05) is 12.1 Å². The smallest absolute Gasteiger partial charge is 0.276 e. The zero-order valence-corrected chi connectivity index (χ0v) is 20.4. The van der Waals surface area contributed by atoms with Gasteiger partial charge in [-0.15, -0.1) is 0 Å². The van der Waals surface area contributed by atoms with Crippen molar-refractivity contribution in [2.24, 2.45) is 0 Å². The Morgan fingerprint density at radius 3 is 2.68 bits per heavy atom. The summed E-state index contributed by atoms with van der Waals surface area (Å²) in [5, 5.41) is 5.78. The van der Waals surface area contributed by atoms with Crippen molar-refractivity contribution >= 4 is 17.7 Å². The largest absolute Gasteiger partial charge is 0.493 e. The second-order valence-electron chi connectivity index (χ2n) is 8.77. The van der Waals surface area contributed by atoms with Crippen LogP contribution in [0.25, 0.3) is 0 Å². The Morgan fingerprint density at radius 2 is 1.95 bits per heavy atom. The first kappa shape index (κ1) is 24.2. The highest BCUT2D eigenvalue weighted by Gasteiger charge is 2.39. The van der Waals surface area contributed by atoms with Crippen molar-refractivity contribution in [3.63, 3.8) is 0 Å². The van der Waals surface area contributed by atoms with Gasteiger partial charge in [0.05, 0.1) is 19.7 Å². The molecule has 0 saturated carbocycles. The van der Waals surface area contributed by atoms with Crippen LogP contribution in [-0.2, 0) is 11.3 Å². The number of nitrogens with zero attached hydrogens (tertiary/aromatic N) is 2. The molecule has 3 amide bonds. The number of rotatable bonds is 2. The number of fused-ring (bicyclic) bond motifs is 7. The number of hydrogen-bond donors (Lipinski definition) is 2. The van der Waals surface area contributed by atoms with Gasteiger partial charge in [0, 0.05) is 25.6 Å². The lowest BCUT2D eigenvalue weighted by molar-refractivity contribution is -0.123. The number of aromatic nitrogens is 1. The fraction of sp³-hybridized carbons (Fsp3) is 0.308. The monoisotopic (exact) mass is 506 g/mol. The van der Waals surface area contributed by atoms with Crippen molar-refractivity contribution in [1.29, 1.82) is 0 Å². The van der Waals surface area contributed by atoms with Crippen LogP contribution in [0.15, 0.2) is 53.1 Å². The first-order valence-corrected chi connectivity index (χ1v) is 11.7. The molecule has 192 valence electrons. The molecule has 4 bridgehead atoms. The van der Waals surface area contributed by atoms with Crippen LogP contribution in [0.4, 0.5) is 0 Å². The number of amides is 3. The molecule has 2 atom stereocenters. The average Bonchev–Trinajstić information content (AvgIpc) is 3.52. The third-order valence-electron chi connectivity index (χ3n) is 6.19. The van der Waals surface area contributed by atoms with Crippen molar-refractivity contribution in [1.82, 2.24) is 20.5 Å². The Hall–Kier alpha value is -4.54. The molecular formula is C26H26N4O7. The number of oxazole rings is 1. The molecule has 3 aromatic rings. The zero-order valence-electron chi connectivity index (χ0n) is 20.4. The van der Waals surface area contributed by atoms with Crippen LogP contribution in [0, 0.1) is 6.92 Å². The van der Waals surface area contributed by atoms with Crippen LogP contribution >= 0.6 is 0 Å². The molecule has 0 radical (unpaired) electrons. The van der Waals surface area contributed by atoms with Crippen LogP contribution in [0.5, 0.6) is 17.2 Å². The molecule has 1 fully saturated rings. The number of likely N-dealkylation sites (tertiary alicyclic amines) is 1. The van der Waals surface area contributed by atoms with E-state index in [4.69, 9.17) is 18.6 Å². The molecule has 11 nitrogen and oxygen atoms in total. The van der Waals surface area contributed by atoms with Gasteiger partial charge < -0.3 is 34.2 Å². The molecule has 37 heavy (non-hydrogen) atoms. The van der Waals surface area contributed by atoms with E-state index >= 15 is 0 Å². The minimum atomic E-state index is -0.517. The number of carbonyl (C=O) groups is 3. The van der Waals surface area contributed by atoms with E-state index in [1.54, 1.807) is 36.1 Å². The Balaban J connectivity index is 1.44. The van der Waals surface area contributed by atoms with Crippen molar-refractivity contribution in [2.45, 2.75) is 25.6 Å². The van der Waals surface area contributed by atoms with Gasteiger partial charge in [0.15, 0.2) is 29.7 Å². The molecular weight excluding hydrogens is 480 g/mol. The molecule has 0 spiro atoms. The van der Waals surface area contributed by atoms with Crippen LogP contribution in [0.1, 0.15) is 32.3 Å². The predicted octanol–water partition coefficient (Wildman–Crippen LogP) is 1.70. The molecule has 11 heteroatoms. The van der Waals surface area contributed by atoms with Gasteiger partial charge in [-0.3, -0.25) is 14.4 Å². The number of nitrogens with one attached hydrogen (secondary N) is 2. The van der Waals surface area contributed by atoms with Crippen molar-refractivity contribution in [2.75, 3.05) is 26.8 Å². The highest BCUT2D eigenvalue weighted by atomic mass is 16.5. The molecule has 4 heterocycles. The van der Waals surface area contributed by atoms with E-state index < -0.39 is 12.1 Å². The van der Waals surface area contributed by atoms with Crippen LogP contribution in [-0.4, -0.2) is 66.6 Å². The summed E-state index contributed by atoms with van der Waals surface area (Å²) < 4.78 is 22.4. The van der Waals surface area contributed by atoms with Crippen molar-refractivity contribution < 1.29 is 33.0 Å². The summed E-state index contributed by atoms with van der Waals surface area (Å²) in [7, 11) is 1.48. The number of carbonyl (C=O) groups excluding carboxylic acids is 3. The molecule has 1 saturated heterocycles. The molecule has 3 aliphatic rings. The highest BCUT2D eigenvalue weighted by Crippen LogP contribution is 2.29. The van der Waals surface area contributed by atoms with E-state index in [0.29, 0.717) is 29.5 Å². The quantitative estimate of drug-likeness (QED) is 0.537. The van der Waals surface area contributed by atoms with Gasteiger partial charge in [-0.25, -0.2) is 4.98 Å². The third-order valence-corrected chi connectivity index (χ3v) is 6.19. The second-order valence-corrected chi connectivity index (χ2v) is 8.77. The summed E-state index contributed by atoms with van der Waals surface area (Å²) >= 11 is 0. The summed E-state index contributed by atoms with van der Waals surface area (Å²) in [6.07, 6.45) is 0.802. The lowest BCUT2D eigenvalue weighted by Gasteiger charge is -2.21. The topological polar surface area (TPSA) is 132 Å². The minimum Gasteiger partial charge on any atom is -0.493 e. The van der Waals surface area contributed by atoms with E-state index in [0.717, 1.165) is 5.56 Å². The van der Waals surface area contributed by atoms with Crippen LogP contribution in [0.3, 0.4) is 0 Å². The number of hydrogen-bond acceptors (Lipinski definition) is 8. The van der Waals surface area contributed by atoms with Gasteiger partial charge in [0.2, 0.25) is 0 Å². The molecule has 1 aromatic heterocycles. The number of aryl methyl sites for hydroxylation is 1. The maximum Gasteiger partial charge on any atom is 0.276 e. The Morgan fingerprint density at radius 1 is 1.14 bits per heavy atom. The SMILES string of the molecule is COc1ccc2cc1OCC(=O)NCc1ccc(cc1)O[C@H]1CN(C(=O)c3coc(C)n3)C[C@@H]1NC2=O. The van der Waals surface area contributed by atoms with E-state index in [1.165, 1.54) is 19.4 Å². The lowest BCUT2D eigenvalue weighted by atomic mass is 10.1. The third kappa shape index (κ3) is 5.35. The first-order valence-electron chi connectivity index (χ1n) is 11.7. The number of ether oxygens (including phenoxy) is 3. The van der Waals surface area contributed by atoms with E-state index in [9.17, 15) is 14.4 Å². The normalized spacial score (nSPS) is 19.7. The van der Waals surface area contributed by atoms with Gasteiger partial charge in [0.25, 0.3) is 17.7 Å². The molecule has 3 aliphatic heterocycles. The Bertz CT molecular complexity index is 1320.